The summed E-state index contributed by atoms with van der Waals surface area (Å²) in [6.07, 6.45) is 6.68. The van der Waals surface area contributed by atoms with E-state index in [0.717, 1.165) is 24.0 Å². The number of amides is 2. The molecule has 15 nitrogen and oxygen atoms in total. The minimum atomic E-state index is -1.56. The molecule has 4 rings (SSSR count). The Hall–Kier alpha value is -2.84. The number of hydrogen-bond acceptors (Lipinski definition) is 12. The third-order valence-corrected chi connectivity index (χ3v) is 7.32. The molecule has 1 heterocycles. The SMILES string of the molecule is C#CCN(c1ccc(C(=O)N[C@@H](CCC(=O)N[CH-]CCC(=O)[O-])C(=O)[O-])cc1)[C@H]1CCc2cc3nc(CO)[nH]c(=O)c3cc21.O=C=O.[2HH].[Na+].[Na+].[Na+]. The number of carboxylic acids is 2. The van der Waals surface area contributed by atoms with Crippen LogP contribution >= 0.6 is 0 Å². The van der Waals surface area contributed by atoms with Gasteiger partial charge in [0.1, 0.15) is 12.4 Å². The van der Waals surface area contributed by atoms with Crippen LogP contribution in [0, 0.1) is 18.9 Å². The van der Waals surface area contributed by atoms with Crippen molar-refractivity contribution in [3.8, 4) is 12.3 Å². The fourth-order valence-corrected chi connectivity index (χ4v) is 5.17. The number of nitrogens with zero attached hydrogens (tertiary/aromatic N) is 2. The molecule has 2 aromatic carbocycles. The Labute approximate surface area is 354 Å². The summed E-state index contributed by atoms with van der Waals surface area (Å²) in [5.74, 6) is -1.20. The molecular formula is C32H32N5Na3O10. The summed E-state index contributed by atoms with van der Waals surface area (Å²) >= 11 is 0. The Morgan fingerprint density at radius 3 is 2.36 bits per heavy atom. The minimum Gasteiger partial charge on any atom is -0.550 e. The number of carbonyl (C=O) groups is 4. The van der Waals surface area contributed by atoms with Crippen molar-refractivity contribution in [3.63, 3.8) is 0 Å². The van der Waals surface area contributed by atoms with Gasteiger partial charge in [0.15, 0.2) is 5.91 Å². The zero-order valence-corrected chi connectivity index (χ0v) is 33.9. The van der Waals surface area contributed by atoms with E-state index >= 15 is 0 Å². The number of H-pyrrole nitrogens is 1. The number of hydrogen-bond donors (Lipinski definition) is 4. The van der Waals surface area contributed by atoms with Crippen LogP contribution in [0.2, 0.25) is 0 Å². The summed E-state index contributed by atoms with van der Waals surface area (Å²) < 4.78 is 0. The van der Waals surface area contributed by atoms with Gasteiger partial charge < -0.3 is 45.4 Å². The number of carbonyl (C=O) groups excluding carboxylic acids is 6. The molecule has 0 saturated heterocycles. The molecule has 1 aliphatic rings. The molecule has 0 saturated carbocycles. The van der Waals surface area contributed by atoms with Gasteiger partial charge in [0.25, 0.3) is 11.5 Å². The number of aryl methyl sites for hydroxylation is 1. The van der Waals surface area contributed by atoms with E-state index in [2.05, 4.69) is 26.5 Å². The number of aromatic nitrogens is 2. The number of benzene rings is 2. The quantitative estimate of drug-likeness (QED) is 0.0526. The number of nitrogens with one attached hydrogen (secondary N) is 3. The van der Waals surface area contributed by atoms with Crippen molar-refractivity contribution >= 4 is 46.5 Å². The molecule has 3 aromatic rings. The van der Waals surface area contributed by atoms with Crippen molar-refractivity contribution in [1.29, 1.82) is 0 Å². The maximum Gasteiger partial charge on any atom is 1.00 e. The van der Waals surface area contributed by atoms with Crippen LogP contribution in [0.5, 0.6) is 0 Å². The monoisotopic (exact) mass is 716 g/mol. The summed E-state index contributed by atoms with van der Waals surface area (Å²) in [4.78, 5) is 84.6. The first kappa shape index (κ1) is 47.2. The van der Waals surface area contributed by atoms with E-state index in [0.29, 0.717) is 16.6 Å². The van der Waals surface area contributed by atoms with Gasteiger partial charge in [0, 0.05) is 25.1 Å². The van der Waals surface area contributed by atoms with E-state index in [4.69, 9.17) is 16.0 Å². The predicted molar refractivity (Wildman–Crippen MR) is 161 cm³/mol. The van der Waals surface area contributed by atoms with Gasteiger partial charge in [-0.2, -0.15) is 16.0 Å². The second-order valence-corrected chi connectivity index (χ2v) is 10.3. The van der Waals surface area contributed by atoms with Gasteiger partial charge in [-0.05, 0) is 73.2 Å². The molecule has 248 valence electrons. The number of aliphatic hydroxyl groups is 1. The number of terminal acetylenes is 1. The molecule has 2 amide bonds. The van der Waals surface area contributed by atoms with Gasteiger partial charge in [-0.1, -0.05) is 5.92 Å². The van der Waals surface area contributed by atoms with E-state index in [1.165, 1.54) is 18.7 Å². The molecule has 1 aliphatic carbocycles. The molecule has 2 atom stereocenters. The molecule has 0 aliphatic heterocycles. The zero-order chi connectivity index (χ0) is 34.5. The van der Waals surface area contributed by atoms with Crippen LogP contribution in [0.1, 0.15) is 66.9 Å². The fourth-order valence-electron chi connectivity index (χ4n) is 5.17. The third kappa shape index (κ3) is 13.4. The number of anilines is 1. The topological polar surface area (TPSA) is 242 Å². The van der Waals surface area contributed by atoms with Crippen LogP contribution < -0.4 is 120 Å². The van der Waals surface area contributed by atoms with Gasteiger partial charge in [0.2, 0.25) is 0 Å². The second kappa shape index (κ2) is 23.6. The largest absolute Gasteiger partial charge is 1.00 e. The Kier molecular flexibility index (Phi) is 22.3. The summed E-state index contributed by atoms with van der Waals surface area (Å²) in [6, 6.07) is 8.49. The van der Waals surface area contributed by atoms with Crippen LogP contribution in [0.4, 0.5) is 5.69 Å². The van der Waals surface area contributed by atoms with Crippen LogP contribution in [-0.2, 0) is 37.0 Å². The molecule has 1 aromatic heterocycles. The number of aliphatic carboxylic acids is 2. The van der Waals surface area contributed by atoms with Gasteiger partial charge in [0.05, 0.1) is 35.5 Å². The standard InChI is InChI=1S/C31H32N5O8.CO2.3Na.H2/c1-2-14-36(25-11-7-19-15-24-22(16-21(19)25)30(42)35-26(17-37)33-24)20-8-5-18(6-9-20)29(41)34-23(31(43)44)10-12-27(38)32-13-3-4-28(39)40;2-1-3;;;;/h1,5-6,8-9,13,15-16,23,25,37H,3-4,7,10-12,14,17H2,(H,32,38)(H,34,41)(H,39,40)(H,43,44)(H,33,35,42);;;;;1H/q-1;;3*+1;/p-2/t23-,25-;;;;;/m0...../s1/i;;;;;1+1. The first-order chi connectivity index (χ1) is 22.5. The normalized spacial score (nSPS) is 12.8. The van der Waals surface area contributed by atoms with Crippen LogP contribution in [0.15, 0.2) is 41.2 Å². The Balaban J connectivity index is 0. The van der Waals surface area contributed by atoms with Crippen molar-refractivity contribution in [2.75, 3.05) is 11.4 Å². The number of aliphatic hydroxyl groups excluding tert-OH is 1. The zero-order valence-electron chi connectivity index (χ0n) is 27.9. The van der Waals surface area contributed by atoms with Crippen molar-refractivity contribution in [3.05, 3.63) is 75.8 Å². The molecule has 0 spiro atoms. The van der Waals surface area contributed by atoms with E-state index in [1.807, 2.05) is 11.0 Å². The van der Waals surface area contributed by atoms with Crippen molar-refractivity contribution in [2.24, 2.45) is 0 Å². The summed E-state index contributed by atoms with van der Waals surface area (Å²) in [6.45, 7) is 1.10. The smallest absolute Gasteiger partial charge is 0.550 e. The number of carboxylic acid groups (broad SMARTS) is 2. The van der Waals surface area contributed by atoms with Crippen molar-refractivity contribution < 1.29 is 134 Å². The van der Waals surface area contributed by atoms with Gasteiger partial charge in [-0.25, -0.2) is 11.5 Å². The molecule has 50 heavy (non-hydrogen) atoms. The summed E-state index contributed by atoms with van der Waals surface area (Å²) in [7, 11) is 0. The number of aromatic amines is 1. The maximum absolute atomic E-state index is 12.8. The molecule has 0 radical (unpaired) electrons. The Morgan fingerprint density at radius 2 is 1.78 bits per heavy atom. The summed E-state index contributed by atoms with van der Waals surface area (Å²) in [5.41, 5.74) is 2.97. The second-order valence-electron chi connectivity index (χ2n) is 10.3. The fraction of sp³-hybridized carbons (Fsp3) is 0.312. The van der Waals surface area contributed by atoms with Crippen LogP contribution in [0.25, 0.3) is 10.9 Å². The van der Waals surface area contributed by atoms with E-state index < -0.39 is 29.8 Å². The molecule has 4 N–H and O–H groups in total. The van der Waals surface area contributed by atoms with Gasteiger partial charge in [-0.15, -0.1) is 6.42 Å². The van der Waals surface area contributed by atoms with E-state index in [1.54, 1.807) is 18.2 Å². The Bertz CT molecular complexity index is 1780. The first-order valence-corrected chi connectivity index (χ1v) is 14.3. The van der Waals surface area contributed by atoms with E-state index in [-0.39, 0.29) is 158 Å². The average Bonchev–Trinajstić information content (AvgIpc) is 3.45. The maximum atomic E-state index is 12.8. The van der Waals surface area contributed by atoms with Gasteiger partial charge in [-0.3, -0.25) is 14.4 Å². The summed E-state index contributed by atoms with van der Waals surface area (Å²) in [5, 5.41) is 36.5. The Morgan fingerprint density at radius 1 is 1.12 bits per heavy atom. The van der Waals surface area contributed by atoms with Crippen molar-refractivity contribution in [1.82, 2.24) is 20.6 Å². The van der Waals surface area contributed by atoms with Gasteiger partial charge >= 0.3 is 94.8 Å². The molecule has 0 unspecified atom stereocenters. The van der Waals surface area contributed by atoms with E-state index in [9.17, 15) is 39.3 Å². The molecule has 0 fully saturated rings. The number of rotatable bonds is 14. The van der Waals surface area contributed by atoms with Crippen LogP contribution in [0.3, 0.4) is 0 Å². The van der Waals surface area contributed by atoms with Crippen LogP contribution in [-0.4, -0.2) is 57.6 Å². The molecule has 18 heteroatoms. The molecular weight excluding hydrogens is 683 g/mol. The minimum absolute atomic E-state index is 0. The first-order valence-electron chi connectivity index (χ1n) is 14.3. The number of fused-ring (bicyclic) bond motifs is 2. The molecule has 0 bridgehead atoms. The third-order valence-electron chi connectivity index (χ3n) is 7.32. The predicted octanol–water partition coefficient (Wildman–Crippen LogP) is -10.3. The van der Waals surface area contributed by atoms with Crippen molar-refractivity contribution in [2.45, 2.75) is 57.2 Å². The average molecular weight is 717 g/mol.